The fourth-order valence-electron chi connectivity index (χ4n) is 1.38. The Morgan fingerprint density at radius 1 is 1.73 bits per heavy atom. The first-order valence-corrected chi connectivity index (χ1v) is 3.84. The van der Waals surface area contributed by atoms with Gasteiger partial charge in [0.15, 0.2) is 0 Å². The fourth-order valence-corrected chi connectivity index (χ4v) is 1.38. The largest absolute Gasteiger partial charge is 0.465 e. The van der Waals surface area contributed by atoms with Crippen molar-refractivity contribution < 1.29 is 9.90 Å². The molecule has 0 aromatic rings. The van der Waals surface area contributed by atoms with E-state index in [9.17, 15) is 4.79 Å². The number of carbonyl (C=O) groups is 1. The van der Waals surface area contributed by atoms with Crippen LogP contribution < -0.4 is 0 Å². The van der Waals surface area contributed by atoms with E-state index in [0.29, 0.717) is 19.0 Å². The summed E-state index contributed by atoms with van der Waals surface area (Å²) in [6.45, 7) is 4.96. The second kappa shape index (κ2) is 3.42. The van der Waals surface area contributed by atoms with Crippen LogP contribution >= 0.6 is 0 Å². The van der Waals surface area contributed by atoms with E-state index in [1.54, 1.807) is 0 Å². The van der Waals surface area contributed by atoms with Gasteiger partial charge in [-0.2, -0.15) is 0 Å². The van der Waals surface area contributed by atoms with Crippen molar-refractivity contribution in [3.8, 4) is 0 Å². The van der Waals surface area contributed by atoms with E-state index in [2.05, 4.69) is 6.58 Å². The van der Waals surface area contributed by atoms with Crippen LogP contribution in [0.5, 0.6) is 0 Å². The number of carboxylic acid groups (broad SMARTS) is 1. The van der Waals surface area contributed by atoms with Gasteiger partial charge in [0.05, 0.1) is 0 Å². The minimum Gasteiger partial charge on any atom is -0.465 e. The summed E-state index contributed by atoms with van der Waals surface area (Å²) in [6.07, 6.45) is 3.07. The molecular formula is C8H13NO2. The highest BCUT2D eigenvalue weighted by molar-refractivity contribution is 5.65. The van der Waals surface area contributed by atoms with Crippen LogP contribution in [-0.2, 0) is 0 Å². The van der Waals surface area contributed by atoms with E-state index >= 15 is 0 Å². The summed E-state index contributed by atoms with van der Waals surface area (Å²) in [7, 11) is 0. The molecule has 1 heterocycles. The maximum absolute atomic E-state index is 10.5. The third-order valence-electron chi connectivity index (χ3n) is 2.06. The lowest BCUT2D eigenvalue weighted by Gasteiger charge is -2.28. The highest BCUT2D eigenvalue weighted by atomic mass is 16.4. The van der Waals surface area contributed by atoms with Gasteiger partial charge in [0, 0.05) is 13.1 Å². The third kappa shape index (κ3) is 1.97. The van der Waals surface area contributed by atoms with Gasteiger partial charge in [0.1, 0.15) is 0 Å². The molecule has 3 nitrogen and oxygen atoms in total. The second-order valence-electron chi connectivity index (χ2n) is 2.87. The molecule has 0 aliphatic carbocycles. The molecule has 0 aromatic heterocycles. The number of rotatable bonds is 1. The highest BCUT2D eigenvalue weighted by Gasteiger charge is 2.20. The molecule has 1 saturated heterocycles. The molecule has 3 heteroatoms. The van der Waals surface area contributed by atoms with Gasteiger partial charge in [0.2, 0.25) is 0 Å². The van der Waals surface area contributed by atoms with E-state index in [1.807, 2.05) is 6.08 Å². The predicted octanol–water partition coefficient (Wildman–Crippen LogP) is 1.56. The van der Waals surface area contributed by atoms with E-state index in [0.717, 1.165) is 12.8 Å². The van der Waals surface area contributed by atoms with Crippen molar-refractivity contribution in [2.45, 2.75) is 12.8 Å². The van der Waals surface area contributed by atoms with Crippen molar-refractivity contribution in [3.05, 3.63) is 12.7 Å². The van der Waals surface area contributed by atoms with Gasteiger partial charge in [-0.25, -0.2) is 4.79 Å². The summed E-state index contributed by atoms with van der Waals surface area (Å²) in [4.78, 5) is 12.0. The quantitative estimate of drug-likeness (QED) is 0.584. The lowest BCUT2D eigenvalue weighted by molar-refractivity contribution is 0.127. The Morgan fingerprint density at radius 2 is 2.45 bits per heavy atom. The molecule has 0 saturated carbocycles. The number of amides is 1. The number of hydrogen-bond acceptors (Lipinski definition) is 1. The maximum Gasteiger partial charge on any atom is 0.407 e. The molecule has 0 aromatic carbocycles. The average Bonchev–Trinajstić information content (AvgIpc) is 2.05. The SMILES string of the molecule is C=C[C@H]1CCCN(C(=O)O)C1. The fraction of sp³-hybridized carbons (Fsp3) is 0.625. The Hall–Kier alpha value is -0.990. The molecule has 0 radical (unpaired) electrons. The lowest BCUT2D eigenvalue weighted by Crippen LogP contribution is -2.38. The molecule has 1 N–H and O–H groups in total. The summed E-state index contributed by atoms with van der Waals surface area (Å²) in [5, 5.41) is 8.64. The van der Waals surface area contributed by atoms with Crippen LogP contribution in [0.25, 0.3) is 0 Å². The van der Waals surface area contributed by atoms with Crippen LogP contribution in [0.1, 0.15) is 12.8 Å². The Kier molecular flexibility index (Phi) is 2.52. The van der Waals surface area contributed by atoms with Crippen molar-refractivity contribution in [2.24, 2.45) is 5.92 Å². The van der Waals surface area contributed by atoms with E-state index in [-0.39, 0.29) is 0 Å². The smallest absolute Gasteiger partial charge is 0.407 e. The first kappa shape index (κ1) is 8.11. The summed E-state index contributed by atoms with van der Waals surface area (Å²) >= 11 is 0. The van der Waals surface area contributed by atoms with E-state index in [1.165, 1.54) is 4.90 Å². The number of piperidine rings is 1. The summed E-state index contributed by atoms with van der Waals surface area (Å²) in [6, 6.07) is 0. The molecule has 1 rings (SSSR count). The first-order valence-electron chi connectivity index (χ1n) is 3.84. The van der Waals surface area contributed by atoms with Crippen molar-refractivity contribution in [1.29, 1.82) is 0 Å². The van der Waals surface area contributed by atoms with Gasteiger partial charge in [-0.05, 0) is 18.8 Å². The predicted molar refractivity (Wildman–Crippen MR) is 42.5 cm³/mol. The average molecular weight is 155 g/mol. The van der Waals surface area contributed by atoms with Crippen LogP contribution in [0.3, 0.4) is 0 Å². The lowest BCUT2D eigenvalue weighted by atomic mass is 9.99. The van der Waals surface area contributed by atoms with Gasteiger partial charge in [-0.3, -0.25) is 0 Å². The van der Waals surface area contributed by atoms with Gasteiger partial charge < -0.3 is 10.0 Å². The molecule has 1 aliphatic rings. The highest BCUT2D eigenvalue weighted by Crippen LogP contribution is 2.16. The molecule has 0 spiro atoms. The monoisotopic (exact) mass is 155 g/mol. The molecule has 1 atom stereocenters. The molecular weight excluding hydrogens is 142 g/mol. The zero-order chi connectivity index (χ0) is 8.27. The van der Waals surface area contributed by atoms with Crippen LogP contribution in [0.4, 0.5) is 4.79 Å². The standard InChI is InChI=1S/C8H13NO2/c1-2-7-4-3-5-9(6-7)8(10)11/h2,7H,1,3-6H2,(H,10,11)/t7-/m0/s1. The van der Waals surface area contributed by atoms with Crippen molar-refractivity contribution in [1.82, 2.24) is 4.90 Å². The Bertz CT molecular complexity index is 167. The zero-order valence-corrected chi connectivity index (χ0v) is 6.49. The number of hydrogen-bond donors (Lipinski definition) is 1. The molecule has 1 amide bonds. The minimum atomic E-state index is -0.809. The molecule has 1 aliphatic heterocycles. The third-order valence-corrected chi connectivity index (χ3v) is 2.06. The van der Waals surface area contributed by atoms with Crippen LogP contribution in [0, 0.1) is 5.92 Å². The summed E-state index contributed by atoms with van der Waals surface area (Å²) < 4.78 is 0. The van der Waals surface area contributed by atoms with E-state index < -0.39 is 6.09 Å². The molecule has 1 fully saturated rings. The molecule has 62 valence electrons. The van der Waals surface area contributed by atoms with Gasteiger partial charge in [0.25, 0.3) is 0 Å². The Labute approximate surface area is 66.3 Å². The van der Waals surface area contributed by atoms with Gasteiger partial charge in [-0.1, -0.05) is 6.08 Å². The van der Waals surface area contributed by atoms with Gasteiger partial charge in [-0.15, -0.1) is 6.58 Å². The van der Waals surface area contributed by atoms with Crippen LogP contribution in [0.2, 0.25) is 0 Å². The summed E-state index contributed by atoms with van der Waals surface area (Å²) in [5.74, 6) is 0.361. The second-order valence-corrected chi connectivity index (χ2v) is 2.87. The zero-order valence-electron chi connectivity index (χ0n) is 6.49. The van der Waals surface area contributed by atoms with Gasteiger partial charge >= 0.3 is 6.09 Å². The summed E-state index contributed by atoms with van der Waals surface area (Å²) in [5.41, 5.74) is 0. The Morgan fingerprint density at radius 3 is 3.00 bits per heavy atom. The normalized spacial score (nSPS) is 24.7. The van der Waals surface area contributed by atoms with Crippen molar-refractivity contribution in [2.75, 3.05) is 13.1 Å². The number of nitrogens with zero attached hydrogens (tertiary/aromatic N) is 1. The molecule has 11 heavy (non-hydrogen) atoms. The van der Waals surface area contributed by atoms with Crippen molar-refractivity contribution >= 4 is 6.09 Å². The van der Waals surface area contributed by atoms with Crippen molar-refractivity contribution in [3.63, 3.8) is 0 Å². The molecule has 0 unspecified atom stereocenters. The first-order chi connectivity index (χ1) is 5.24. The molecule has 0 bridgehead atoms. The minimum absolute atomic E-state index is 0.361. The number of likely N-dealkylation sites (tertiary alicyclic amines) is 1. The van der Waals surface area contributed by atoms with E-state index in [4.69, 9.17) is 5.11 Å². The topological polar surface area (TPSA) is 40.5 Å². The van der Waals surface area contributed by atoms with Crippen LogP contribution in [0.15, 0.2) is 12.7 Å². The maximum atomic E-state index is 10.5. The van der Waals surface area contributed by atoms with Crippen LogP contribution in [-0.4, -0.2) is 29.2 Å². The Balaban J connectivity index is 2.45.